The van der Waals surface area contributed by atoms with Crippen LogP contribution in [0.3, 0.4) is 0 Å². The third-order valence-electron chi connectivity index (χ3n) is 2.32. The molecule has 0 atom stereocenters. The number of hydrogen-bond acceptors (Lipinski definition) is 2. The molecule has 0 aliphatic rings. The highest BCUT2D eigenvalue weighted by atomic mass is 32.1. The molecule has 1 N–H and O–H groups in total. The zero-order valence-corrected chi connectivity index (χ0v) is 10.3. The van der Waals surface area contributed by atoms with Crippen LogP contribution in [0.2, 0.25) is 0 Å². The molecule has 0 bridgehead atoms. The molecule has 0 spiro atoms. The molecule has 3 heteroatoms. The number of hydrogen-bond donors (Lipinski definition) is 1. The number of anilines is 1. The van der Waals surface area contributed by atoms with Crippen LogP contribution in [0.15, 0.2) is 54.6 Å². The van der Waals surface area contributed by atoms with Crippen LogP contribution < -0.4 is 10.1 Å². The quantitative estimate of drug-likeness (QED) is 0.811. The van der Waals surface area contributed by atoms with Gasteiger partial charge < -0.3 is 10.1 Å². The Morgan fingerprint density at radius 3 is 2.35 bits per heavy atom. The molecule has 2 nitrogen and oxygen atoms in total. The summed E-state index contributed by atoms with van der Waals surface area (Å²) in [6.45, 7) is 1.99. The minimum Gasteiger partial charge on any atom is -0.431 e. The Kier molecular flexibility index (Phi) is 3.73. The third kappa shape index (κ3) is 3.29. The van der Waals surface area contributed by atoms with Crippen LogP contribution in [0.5, 0.6) is 5.75 Å². The molecule has 0 saturated carbocycles. The van der Waals surface area contributed by atoms with Crippen molar-refractivity contribution in [1.82, 2.24) is 0 Å². The van der Waals surface area contributed by atoms with Crippen LogP contribution in [0.1, 0.15) is 5.56 Å². The highest BCUT2D eigenvalue weighted by molar-refractivity contribution is 7.80. The first-order chi connectivity index (χ1) is 8.25. The molecule has 0 aliphatic heterocycles. The van der Waals surface area contributed by atoms with Gasteiger partial charge in [0.05, 0.1) is 0 Å². The second-order valence-corrected chi connectivity index (χ2v) is 4.02. The summed E-state index contributed by atoms with van der Waals surface area (Å²) in [5.41, 5.74) is 1.98. The van der Waals surface area contributed by atoms with Crippen LogP contribution in [0.4, 0.5) is 5.69 Å². The van der Waals surface area contributed by atoms with Gasteiger partial charge in [0.1, 0.15) is 5.75 Å². The SMILES string of the molecule is Cc1ccccc1OC(=S)Nc1ccccc1. The Balaban J connectivity index is 2.01. The molecule has 0 aliphatic carbocycles. The van der Waals surface area contributed by atoms with E-state index in [1.807, 2.05) is 61.5 Å². The number of nitrogens with one attached hydrogen (secondary N) is 1. The van der Waals surface area contributed by atoms with E-state index in [2.05, 4.69) is 5.32 Å². The predicted octanol–water partition coefficient (Wildman–Crippen LogP) is 3.77. The van der Waals surface area contributed by atoms with Crippen molar-refractivity contribution >= 4 is 23.1 Å². The molecule has 0 unspecified atom stereocenters. The number of thiocarbonyl (C=S) groups is 1. The zero-order chi connectivity index (χ0) is 12.1. The van der Waals surface area contributed by atoms with E-state index in [0.717, 1.165) is 17.0 Å². The highest BCUT2D eigenvalue weighted by Gasteiger charge is 2.02. The molecule has 86 valence electrons. The van der Waals surface area contributed by atoms with Gasteiger partial charge in [-0.25, -0.2) is 0 Å². The number of para-hydroxylation sites is 2. The first-order valence-electron chi connectivity index (χ1n) is 5.35. The zero-order valence-electron chi connectivity index (χ0n) is 9.51. The highest BCUT2D eigenvalue weighted by Crippen LogP contribution is 2.17. The van der Waals surface area contributed by atoms with E-state index in [9.17, 15) is 0 Å². The average Bonchev–Trinajstić information content (AvgIpc) is 2.33. The van der Waals surface area contributed by atoms with Crippen LogP contribution in [0, 0.1) is 6.92 Å². The number of aryl methyl sites for hydroxylation is 1. The summed E-state index contributed by atoms with van der Waals surface area (Å²) in [5, 5.41) is 3.38. The van der Waals surface area contributed by atoms with Crippen molar-refractivity contribution in [2.45, 2.75) is 6.92 Å². The van der Waals surface area contributed by atoms with Gasteiger partial charge in [-0.2, -0.15) is 0 Å². The largest absolute Gasteiger partial charge is 0.431 e. The van der Waals surface area contributed by atoms with E-state index in [0.29, 0.717) is 5.17 Å². The van der Waals surface area contributed by atoms with Crippen molar-refractivity contribution in [3.05, 3.63) is 60.2 Å². The number of ether oxygens (including phenoxy) is 1. The fourth-order valence-corrected chi connectivity index (χ4v) is 1.64. The minimum atomic E-state index is 0.352. The fourth-order valence-electron chi connectivity index (χ4n) is 1.44. The summed E-state index contributed by atoms with van der Waals surface area (Å²) in [4.78, 5) is 0. The molecule has 0 radical (unpaired) electrons. The summed E-state index contributed by atoms with van der Waals surface area (Å²) in [5.74, 6) is 0.779. The molecule has 0 heterocycles. The number of rotatable bonds is 2. The Labute approximate surface area is 106 Å². The topological polar surface area (TPSA) is 21.3 Å². The van der Waals surface area contributed by atoms with Crippen molar-refractivity contribution in [3.8, 4) is 5.75 Å². The molecule has 0 fully saturated rings. The van der Waals surface area contributed by atoms with Gasteiger partial charge in [0.25, 0.3) is 5.17 Å². The Morgan fingerprint density at radius 1 is 1.00 bits per heavy atom. The Bertz CT molecular complexity index is 511. The lowest BCUT2D eigenvalue weighted by molar-refractivity contribution is 0.558. The summed E-state index contributed by atoms with van der Waals surface area (Å²) < 4.78 is 5.57. The lowest BCUT2D eigenvalue weighted by Gasteiger charge is -2.10. The molecule has 17 heavy (non-hydrogen) atoms. The van der Waals surface area contributed by atoms with Crippen LogP contribution in [0.25, 0.3) is 0 Å². The third-order valence-corrected chi connectivity index (χ3v) is 2.50. The van der Waals surface area contributed by atoms with Gasteiger partial charge in [0.15, 0.2) is 0 Å². The van der Waals surface area contributed by atoms with Gasteiger partial charge in [0, 0.05) is 5.69 Å². The van der Waals surface area contributed by atoms with E-state index in [4.69, 9.17) is 17.0 Å². The summed E-state index contributed by atoms with van der Waals surface area (Å²) in [7, 11) is 0. The Hall–Kier alpha value is -1.87. The van der Waals surface area contributed by atoms with Crippen molar-refractivity contribution in [1.29, 1.82) is 0 Å². The van der Waals surface area contributed by atoms with E-state index in [-0.39, 0.29) is 0 Å². The van der Waals surface area contributed by atoms with Gasteiger partial charge in [0.2, 0.25) is 0 Å². The molecule has 2 aromatic rings. The molecule has 2 rings (SSSR count). The normalized spacial score (nSPS) is 9.71. The maximum absolute atomic E-state index is 5.57. The lowest BCUT2D eigenvalue weighted by Crippen LogP contribution is -2.16. The summed E-state index contributed by atoms with van der Waals surface area (Å²) >= 11 is 5.14. The standard InChI is InChI=1S/C14H13NOS/c1-11-7-5-6-10-13(11)16-14(17)15-12-8-3-2-4-9-12/h2-10H,1H3,(H,15,17). The molecule has 0 aromatic heterocycles. The molecule has 0 amide bonds. The fraction of sp³-hybridized carbons (Fsp3) is 0.0714. The van der Waals surface area contributed by atoms with E-state index >= 15 is 0 Å². The van der Waals surface area contributed by atoms with Crippen molar-refractivity contribution in [2.24, 2.45) is 0 Å². The molecule has 0 saturated heterocycles. The lowest BCUT2D eigenvalue weighted by atomic mass is 10.2. The van der Waals surface area contributed by atoms with Gasteiger partial charge >= 0.3 is 0 Å². The number of benzene rings is 2. The monoisotopic (exact) mass is 243 g/mol. The van der Waals surface area contributed by atoms with Gasteiger partial charge in [-0.1, -0.05) is 36.4 Å². The van der Waals surface area contributed by atoms with E-state index < -0.39 is 0 Å². The smallest absolute Gasteiger partial charge is 0.266 e. The second-order valence-electron chi connectivity index (χ2n) is 3.65. The van der Waals surface area contributed by atoms with Crippen LogP contribution in [-0.4, -0.2) is 5.17 Å². The minimum absolute atomic E-state index is 0.352. The van der Waals surface area contributed by atoms with Gasteiger partial charge in [-0.3, -0.25) is 0 Å². The summed E-state index contributed by atoms with van der Waals surface area (Å²) in [6.07, 6.45) is 0. The van der Waals surface area contributed by atoms with Crippen LogP contribution >= 0.6 is 12.2 Å². The van der Waals surface area contributed by atoms with Crippen molar-refractivity contribution in [3.63, 3.8) is 0 Å². The Morgan fingerprint density at radius 2 is 1.65 bits per heavy atom. The van der Waals surface area contributed by atoms with E-state index in [1.54, 1.807) is 0 Å². The van der Waals surface area contributed by atoms with Gasteiger partial charge in [-0.15, -0.1) is 0 Å². The molecule has 2 aromatic carbocycles. The molecular formula is C14H13NOS. The van der Waals surface area contributed by atoms with Crippen LogP contribution in [-0.2, 0) is 0 Å². The van der Waals surface area contributed by atoms with Gasteiger partial charge in [-0.05, 0) is 42.9 Å². The maximum Gasteiger partial charge on any atom is 0.266 e. The maximum atomic E-state index is 5.57. The molecular weight excluding hydrogens is 230 g/mol. The van der Waals surface area contributed by atoms with E-state index in [1.165, 1.54) is 0 Å². The first kappa shape index (κ1) is 11.6. The second kappa shape index (κ2) is 5.46. The van der Waals surface area contributed by atoms with Crippen molar-refractivity contribution < 1.29 is 4.74 Å². The predicted molar refractivity (Wildman–Crippen MR) is 74.5 cm³/mol. The first-order valence-corrected chi connectivity index (χ1v) is 5.76. The average molecular weight is 243 g/mol. The summed E-state index contributed by atoms with van der Waals surface area (Å²) in [6, 6.07) is 17.5. The van der Waals surface area contributed by atoms with Crippen molar-refractivity contribution in [2.75, 3.05) is 5.32 Å².